The van der Waals surface area contributed by atoms with E-state index in [4.69, 9.17) is 10.6 Å². The summed E-state index contributed by atoms with van der Waals surface area (Å²) < 4.78 is 19.8. The van der Waals surface area contributed by atoms with Gasteiger partial charge in [-0.05, 0) is 61.4 Å². The third-order valence-electron chi connectivity index (χ3n) is 5.37. The molecule has 0 saturated carbocycles. The Morgan fingerprint density at radius 1 is 1.03 bits per heavy atom. The number of halogens is 1. The zero-order chi connectivity index (χ0) is 23.0. The lowest BCUT2D eigenvalue weighted by atomic mass is 10.2. The zero-order valence-corrected chi connectivity index (χ0v) is 19.1. The van der Waals surface area contributed by atoms with Gasteiger partial charge in [-0.2, -0.15) is 0 Å². The number of amides is 1. The molecule has 174 valence electrons. The van der Waals surface area contributed by atoms with Crippen LogP contribution < -0.4 is 20.8 Å². The summed E-state index contributed by atoms with van der Waals surface area (Å²) >= 11 is 1.19. The van der Waals surface area contributed by atoms with Crippen molar-refractivity contribution in [2.45, 2.75) is 37.4 Å². The van der Waals surface area contributed by atoms with E-state index in [-0.39, 0.29) is 24.1 Å². The van der Waals surface area contributed by atoms with Crippen molar-refractivity contribution in [1.29, 1.82) is 0 Å². The molecule has 0 radical (unpaired) electrons. The minimum atomic E-state index is -0.338. The fraction of sp³-hybridized carbons (Fsp3) is 0.348. The molecule has 1 aliphatic rings. The van der Waals surface area contributed by atoms with Crippen molar-refractivity contribution in [2.75, 3.05) is 34.9 Å². The number of carbonyl (C=O) groups excluding carboxylic acids is 1. The third kappa shape index (κ3) is 6.38. The number of nitrogens with two attached hydrogens (primary N) is 1. The molecule has 33 heavy (non-hydrogen) atoms. The first-order valence-electron chi connectivity index (χ1n) is 10.9. The standard InChI is InChI=1S/C23H27FN6O2S/c24-17-5-11-20(12-6-17)32-15-21-27-28-23(30(21)25)33-16-22(31)26-18-7-9-19(10-8-18)29-13-3-1-2-4-14-29/h5-12H,1-4,13-16,25H2,(H,26,31). The second-order valence-electron chi connectivity index (χ2n) is 7.80. The van der Waals surface area contributed by atoms with Crippen molar-refractivity contribution in [2.24, 2.45) is 0 Å². The molecule has 1 saturated heterocycles. The van der Waals surface area contributed by atoms with Gasteiger partial charge in [0.25, 0.3) is 0 Å². The molecule has 2 aromatic carbocycles. The number of rotatable bonds is 8. The SMILES string of the molecule is Nn1c(COc2ccc(F)cc2)nnc1SCC(=O)Nc1ccc(N2CCCCCC2)cc1. The molecule has 1 aliphatic heterocycles. The van der Waals surface area contributed by atoms with Gasteiger partial charge in [0.15, 0.2) is 5.82 Å². The van der Waals surface area contributed by atoms with Gasteiger partial charge in [-0.1, -0.05) is 24.6 Å². The number of aromatic nitrogens is 3. The number of ether oxygens (including phenoxy) is 1. The Kier molecular flexibility index (Phi) is 7.66. The number of hydrogen-bond donors (Lipinski definition) is 2. The first-order valence-corrected chi connectivity index (χ1v) is 11.9. The van der Waals surface area contributed by atoms with Gasteiger partial charge >= 0.3 is 0 Å². The fourth-order valence-electron chi connectivity index (χ4n) is 3.59. The van der Waals surface area contributed by atoms with Crippen LogP contribution in [0.3, 0.4) is 0 Å². The second-order valence-corrected chi connectivity index (χ2v) is 8.74. The van der Waals surface area contributed by atoms with Crippen molar-refractivity contribution in [3.8, 4) is 5.75 Å². The Balaban J connectivity index is 1.25. The first kappa shape index (κ1) is 22.9. The van der Waals surface area contributed by atoms with Gasteiger partial charge in [-0.15, -0.1) is 10.2 Å². The van der Waals surface area contributed by atoms with E-state index in [1.165, 1.54) is 72.1 Å². The van der Waals surface area contributed by atoms with Crippen LogP contribution in [0.4, 0.5) is 15.8 Å². The Labute approximate surface area is 196 Å². The summed E-state index contributed by atoms with van der Waals surface area (Å²) in [4.78, 5) is 14.8. The number of thioether (sulfide) groups is 1. The summed E-state index contributed by atoms with van der Waals surface area (Å²) in [7, 11) is 0. The van der Waals surface area contributed by atoms with Crippen LogP contribution in [0, 0.1) is 5.82 Å². The molecule has 4 rings (SSSR count). The molecule has 0 bridgehead atoms. The van der Waals surface area contributed by atoms with Crippen LogP contribution in [0.2, 0.25) is 0 Å². The highest BCUT2D eigenvalue weighted by Gasteiger charge is 2.14. The van der Waals surface area contributed by atoms with Gasteiger partial charge < -0.3 is 20.8 Å². The van der Waals surface area contributed by atoms with Gasteiger partial charge in [0.1, 0.15) is 18.2 Å². The molecule has 0 atom stereocenters. The molecule has 1 amide bonds. The Morgan fingerprint density at radius 2 is 1.73 bits per heavy atom. The quantitative estimate of drug-likeness (QED) is 0.381. The number of carbonyl (C=O) groups is 1. The van der Waals surface area contributed by atoms with E-state index in [0.717, 1.165) is 18.8 Å². The summed E-state index contributed by atoms with van der Waals surface area (Å²) in [5, 5.41) is 11.3. The molecule has 3 aromatic rings. The summed E-state index contributed by atoms with van der Waals surface area (Å²) in [5.41, 5.74) is 1.94. The number of hydrogen-bond acceptors (Lipinski definition) is 7. The van der Waals surface area contributed by atoms with Crippen molar-refractivity contribution < 1.29 is 13.9 Å². The average Bonchev–Trinajstić information content (AvgIpc) is 3.00. The van der Waals surface area contributed by atoms with Crippen LogP contribution >= 0.6 is 11.8 Å². The monoisotopic (exact) mass is 470 g/mol. The van der Waals surface area contributed by atoms with E-state index in [1.807, 2.05) is 12.1 Å². The van der Waals surface area contributed by atoms with Gasteiger partial charge in [0, 0.05) is 24.5 Å². The van der Waals surface area contributed by atoms with Crippen LogP contribution in [0.25, 0.3) is 0 Å². The molecule has 8 nitrogen and oxygen atoms in total. The highest BCUT2D eigenvalue weighted by molar-refractivity contribution is 7.99. The molecule has 3 N–H and O–H groups in total. The van der Waals surface area contributed by atoms with Crippen molar-refractivity contribution >= 4 is 29.0 Å². The minimum absolute atomic E-state index is 0.0747. The summed E-state index contributed by atoms with van der Waals surface area (Å²) in [5.74, 6) is 6.56. The summed E-state index contributed by atoms with van der Waals surface area (Å²) in [6.45, 7) is 2.24. The maximum absolute atomic E-state index is 13.0. The molecule has 0 unspecified atom stereocenters. The molecule has 0 spiro atoms. The van der Waals surface area contributed by atoms with Crippen LogP contribution in [0.1, 0.15) is 31.5 Å². The maximum atomic E-state index is 13.0. The van der Waals surface area contributed by atoms with Crippen LogP contribution in [-0.2, 0) is 11.4 Å². The van der Waals surface area contributed by atoms with Crippen LogP contribution in [-0.4, -0.2) is 39.6 Å². The molecule has 10 heteroatoms. The van der Waals surface area contributed by atoms with Gasteiger partial charge in [0.2, 0.25) is 11.1 Å². The lowest BCUT2D eigenvalue weighted by Crippen LogP contribution is -2.23. The highest BCUT2D eigenvalue weighted by atomic mass is 32.2. The Bertz CT molecular complexity index is 1050. The van der Waals surface area contributed by atoms with Crippen LogP contribution in [0.5, 0.6) is 5.75 Å². The molecule has 1 aromatic heterocycles. The normalized spacial score (nSPS) is 14.0. The summed E-state index contributed by atoms with van der Waals surface area (Å²) in [6, 6.07) is 13.6. The second kappa shape index (κ2) is 11.0. The molecule has 1 fully saturated rings. The molecule has 2 heterocycles. The Morgan fingerprint density at radius 3 is 2.42 bits per heavy atom. The highest BCUT2D eigenvalue weighted by Crippen LogP contribution is 2.22. The van der Waals surface area contributed by atoms with Gasteiger partial charge in [-0.25, -0.2) is 9.07 Å². The summed E-state index contributed by atoms with van der Waals surface area (Å²) in [6.07, 6.45) is 5.03. The number of nitrogens with zero attached hydrogens (tertiary/aromatic N) is 4. The Hall–Kier alpha value is -3.27. The first-order chi connectivity index (χ1) is 16.1. The van der Waals surface area contributed by atoms with E-state index < -0.39 is 0 Å². The van der Waals surface area contributed by atoms with Crippen LogP contribution in [0.15, 0.2) is 53.7 Å². The minimum Gasteiger partial charge on any atom is -0.486 e. The van der Waals surface area contributed by atoms with E-state index in [0.29, 0.717) is 16.7 Å². The maximum Gasteiger partial charge on any atom is 0.234 e. The van der Waals surface area contributed by atoms with E-state index in [1.54, 1.807) is 0 Å². The van der Waals surface area contributed by atoms with E-state index in [2.05, 4.69) is 32.5 Å². The lowest BCUT2D eigenvalue weighted by molar-refractivity contribution is -0.113. The average molecular weight is 471 g/mol. The van der Waals surface area contributed by atoms with Crippen molar-refractivity contribution in [3.05, 3.63) is 60.2 Å². The smallest absolute Gasteiger partial charge is 0.234 e. The predicted molar refractivity (Wildman–Crippen MR) is 127 cm³/mol. The molecule has 0 aliphatic carbocycles. The topological polar surface area (TPSA) is 98.3 Å². The van der Waals surface area contributed by atoms with Gasteiger partial charge in [-0.3, -0.25) is 4.79 Å². The number of anilines is 2. The van der Waals surface area contributed by atoms with Gasteiger partial charge in [0.05, 0.1) is 5.75 Å². The third-order valence-corrected chi connectivity index (χ3v) is 6.31. The number of benzene rings is 2. The van der Waals surface area contributed by atoms with Crippen molar-refractivity contribution in [1.82, 2.24) is 14.9 Å². The number of nitrogen functional groups attached to an aromatic ring is 1. The van der Waals surface area contributed by atoms with Crippen molar-refractivity contribution in [3.63, 3.8) is 0 Å². The van der Waals surface area contributed by atoms with E-state index in [9.17, 15) is 9.18 Å². The zero-order valence-electron chi connectivity index (χ0n) is 18.2. The number of nitrogens with one attached hydrogen (secondary N) is 1. The molecular weight excluding hydrogens is 443 g/mol. The molecular formula is C23H27FN6O2S. The lowest BCUT2D eigenvalue weighted by Gasteiger charge is -2.22. The largest absolute Gasteiger partial charge is 0.486 e. The fourth-order valence-corrected chi connectivity index (χ4v) is 4.27. The predicted octanol–water partition coefficient (Wildman–Crippen LogP) is 3.82. The van der Waals surface area contributed by atoms with E-state index >= 15 is 0 Å².